The maximum absolute atomic E-state index is 4.43. The van der Waals surface area contributed by atoms with Crippen molar-refractivity contribution in [2.75, 3.05) is 0 Å². The van der Waals surface area contributed by atoms with Crippen molar-refractivity contribution in [3.05, 3.63) is 65.6 Å². The van der Waals surface area contributed by atoms with Gasteiger partial charge in [-0.05, 0) is 29.3 Å². The molecule has 0 atom stereocenters. The first kappa shape index (κ1) is 10.5. The van der Waals surface area contributed by atoms with Crippen molar-refractivity contribution in [3.63, 3.8) is 0 Å². The predicted molar refractivity (Wildman–Crippen MR) is 75.7 cm³/mol. The molecule has 0 saturated carbocycles. The second-order valence-corrected chi connectivity index (χ2v) is 4.90. The number of hydrogen-bond donors (Lipinski definition) is 0. The van der Waals surface area contributed by atoms with Crippen molar-refractivity contribution in [1.29, 1.82) is 0 Å². The smallest absolute Gasteiger partial charge is 0.0923 e. The summed E-state index contributed by atoms with van der Waals surface area (Å²) < 4.78 is 1.85. The largest absolute Gasteiger partial charge is 0.275 e. The molecule has 3 aromatic rings. The first-order valence-electron chi connectivity index (χ1n) is 6.39. The summed E-state index contributed by atoms with van der Waals surface area (Å²) in [7, 11) is 1.95. The van der Waals surface area contributed by atoms with Crippen LogP contribution in [0, 0.1) is 0 Å². The zero-order valence-corrected chi connectivity index (χ0v) is 10.7. The molecule has 4 rings (SSSR count). The van der Waals surface area contributed by atoms with Gasteiger partial charge >= 0.3 is 0 Å². The maximum Gasteiger partial charge on any atom is 0.0923 e. The fourth-order valence-electron chi connectivity index (χ4n) is 2.74. The topological polar surface area (TPSA) is 30.7 Å². The lowest BCUT2D eigenvalue weighted by atomic mass is 10.0. The Hall–Kier alpha value is -2.42. The highest BCUT2D eigenvalue weighted by Gasteiger charge is 2.16. The van der Waals surface area contributed by atoms with Crippen LogP contribution in [-0.4, -0.2) is 14.8 Å². The SMILES string of the molecule is Cn1cc2cc(C3=CCc4ncccc43)ccc2n1. The van der Waals surface area contributed by atoms with E-state index in [-0.39, 0.29) is 0 Å². The van der Waals surface area contributed by atoms with Crippen molar-refractivity contribution in [1.82, 2.24) is 14.8 Å². The highest BCUT2D eigenvalue weighted by molar-refractivity contribution is 5.89. The van der Waals surface area contributed by atoms with E-state index in [1.807, 2.05) is 24.0 Å². The van der Waals surface area contributed by atoms with Gasteiger partial charge in [-0.1, -0.05) is 18.2 Å². The number of benzene rings is 1. The minimum Gasteiger partial charge on any atom is -0.275 e. The number of aryl methyl sites for hydroxylation is 1. The molecule has 2 aromatic heterocycles. The molecule has 0 amide bonds. The fraction of sp³-hybridized carbons (Fsp3) is 0.125. The lowest BCUT2D eigenvalue weighted by Crippen LogP contribution is -1.89. The number of aromatic nitrogens is 3. The minimum absolute atomic E-state index is 0.927. The molecule has 0 fully saturated rings. The standard InChI is InChI=1S/C16H13N3/c1-19-10-12-9-11(4-6-15(12)18-19)13-5-7-16-14(13)3-2-8-17-16/h2-6,8-10H,7H2,1H3. The molecule has 0 bridgehead atoms. The summed E-state index contributed by atoms with van der Waals surface area (Å²) >= 11 is 0. The van der Waals surface area contributed by atoms with Crippen LogP contribution in [0.3, 0.4) is 0 Å². The quantitative estimate of drug-likeness (QED) is 0.662. The first-order chi connectivity index (χ1) is 9.31. The number of allylic oxidation sites excluding steroid dienone is 1. The van der Waals surface area contributed by atoms with Gasteiger partial charge in [-0.25, -0.2) is 0 Å². The van der Waals surface area contributed by atoms with E-state index in [4.69, 9.17) is 0 Å². The highest BCUT2D eigenvalue weighted by Crippen LogP contribution is 2.32. The lowest BCUT2D eigenvalue weighted by molar-refractivity contribution is 0.780. The van der Waals surface area contributed by atoms with Gasteiger partial charge in [-0.15, -0.1) is 0 Å². The van der Waals surface area contributed by atoms with Crippen LogP contribution in [0.4, 0.5) is 0 Å². The Morgan fingerprint density at radius 1 is 1.21 bits per heavy atom. The van der Waals surface area contributed by atoms with Gasteiger partial charge in [0.2, 0.25) is 0 Å². The van der Waals surface area contributed by atoms with E-state index < -0.39 is 0 Å². The molecular formula is C16H13N3. The van der Waals surface area contributed by atoms with Crippen LogP contribution in [0.25, 0.3) is 16.5 Å². The monoisotopic (exact) mass is 247 g/mol. The molecule has 3 nitrogen and oxygen atoms in total. The van der Waals surface area contributed by atoms with E-state index in [0.717, 1.165) is 11.9 Å². The van der Waals surface area contributed by atoms with Gasteiger partial charge in [-0.3, -0.25) is 9.67 Å². The third-order valence-corrected chi connectivity index (χ3v) is 3.61. The molecule has 1 aliphatic carbocycles. The fourth-order valence-corrected chi connectivity index (χ4v) is 2.74. The van der Waals surface area contributed by atoms with E-state index in [1.165, 1.54) is 27.8 Å². The summed E-state index contributed by atoms with van der Waals surface area (Å²) in [5.74, 6) is 0. The Balaban J connectivity index is 1.87. The molecular weight excluding hydrogens is 234 g/mol. The number of nitrogens with zero attached hydrogens (tertiary/aromatic N) is 3. The zero-order chi connectivity index (χ0) is 12.8. The molecule has 0 saturated heterocycles. The number of hydrogen-bond acceptors (Lipinski definition) is 2. The molecule has 92 valence electrons. The average Bonchev–Trinajstić information content (AvgIpc) is 2.99. The van der Waals surface area contributed by atoms with Gasteiger partial charge in [0.25, 0.3) is 0 Å². The van der Waals surface area contributed by atoms with Crippen LogP contribution in [0.1, 0.15) is 16.8 Å². The summed E-state index contributed by atoms with van der Waals surface area (Å²) in [5, 5.41) is 5.59. The van der Waals surface area contributed by atoms with Crippen LogP contribution < -0.4 is 0 Å². The van der Waals surface area contributed by atoms with Crippen molar-refractivity contribution in [3.8, 4) is 0 Å². The third-order valence-electron chi connectivity index (χ3n) is 3.61. The van der Waals surface area contributed by atoms with Crippen molar-refractivity contribution in [2.24, 2.45) is 7.05 Å². The van der Waals surface area contributed by atoms with Crippen LogP contribution in [0.15, 0.2) is 48.8 Å². The number of pyridine rings is 1. The number of fused-ring (bicyclic) bond motifs is 2. The Labute approximate surface area is 111 Å². The van der Waals surface area contributed by atoms with E-state index >= 15 is 0 Å². The van der Waals surface area contributed by atoms with Crippen molar-refractivity contribution >= 4 is 16.5 Å². The molecule has 3 heteroatoms. The molecule has 1 aromatic carbocycles. The zero-order valence-electron chi connectivity index (χ0n) is 10.7. The van der Waals surface area contributed by atoms with Crippen LogP contribution in [-0.2, 0) is 13.5 Å². The van der Waals surface area contributed by atoms with E-state index in [2.05, 4.69) is 46.6 Å². The minimum atomic E-state index is 0.927. The van der Waals surface area contributed by atoms with Gasteiger partial charge in [0.15, 0.2) is 0 Å². The lowest BCUT2D eigenvalue weighted by Gasteiger charge is -2.05. The molecule has 0 unspecified atom stereocenters. The van der Waals surface area contributed by atoms with Crippen LogP contribution in [0.2, 0.25) is 0 Å². The summed E-state index contributed by atoms with van der Waals surface area (Å²) in [6.45, 7) is 0. The van der Waals surface area contributed by atoms with Crippen LogP contribution >= 0.6 is 0 Å². The van der Waals surface area contributed by atoms with Gasteiger partial charge in [-0.2, -0.15) is 5.10 Å². The normalized spacial score (nSPS) is 13.6. The molecule has 0 N–H and O–H groups in total. The van der Waals surface area contributed by atoms with E-state index in [9.17, 15) is 0 Å². The van der Waals surface area contributed by atoms with Gasteiger partial charge in [0, 0.05) is 36.8 Å². The molecule has 2 heterocycles. The first-order valence-corrected chi connectivity index (χ1v) is 6.39. The third kappa shape index (κ3) is 1.58. The molecule has 1 aliphatic rings. The second-order valence-electron chi connectivity index (χ2n) is 4.90. The Morgan fingerprint density at radius 2 is 2.16 bits per heavy atom. The average molecular weight is 247 g/mol. The Bertz CT molecular complexity index is 812. The molecule has 19 heavy (non-hydrogen) atoms. The Morgan fingerprint density at radius 3 is 3.11 bits per heavy atom. The van der Waals surface area contributed by atoms with Gasteiger partial charge < -0.3 is 0 Å². The molecule has 0 aliphatic heterocycles. The summed E-state index contributed by atoms with van der Waals surface area (Å²) in [5.41, 5.74) is 5.99. The van der Waals surface area contributed by atoms with Crippen LogP contribution in [0.5, 0.6) is 0 Å². The van der Waals surface area contributed by atoms with E-state index in [0.29, 0.717) is 0 Å². The summed E-state index contributed by atoms with van der Waals surface area (Å²) in [4.78, 5) is 4.43. The maximum atomic E-state index is 4.43. The predicted octanol–water partition coefficient (Wildman–Crippen LogP) is 2.96. The van der Waals surface area contributed by atoms with Gasteiger partial charge in [0.05, 0.1) is 11.2 Å². The highest BCUT2D eigenvalue weighted by atomic mass is 15.2. The van der Waals surface area contributed by atoms with Crippen molar-refractivity contribution < 1.29 is 0 Å². The summed E-state index contributed by atoms with van der Waals surface area (Å²) in [6, 6.07) is 10.6. The summed E-state index contributed by atoms with van der Waals surface area (Å²) in [6.07, 6.45) is 7.10. The molecule has 0 radical (unpaired) electrons. The Kier molecular flexibility index (Phi) is 2.09. The van der Waals surface area contributed by atoms with Crippen molar-refractivity contribution in [2.45, 2.75) is 6.42 Å². The molecule has 0 spiro atoms. The number of rotatable bonds is 1. The van der Waals surface area contributed by atoms with Gasteiger partial charge in [0.1, 0.15) is 0 Å². The van der Waals surface area contributed by atoms with E-state index in [1.54, 1.807) is 0 Å². The second kappa shape index (κ2) is 3.79.